The van der Waals surface area contributed by atoms with Crippen LogP contribution in [0.2, 0.25) is 0 Å². The van der Waals surface area contributed by atoms with E-state index < -0.39 is 0 Å². The van der Waals surface area contributed by atoms with Gasteiger partial charge in [-0.1, -0.05) is 0 Å². The zero-order chi connectivity index (χ0) is 10.5. The lowest BCUT2D eigenvalue weighted by atomic mass is 10.3. The number of nitrogens with zero attached hydrogens (tertiary/aromatic N) is 3. The molecule has 2 aromatic rings. The number of hydrogen-bond acceptors (Lipinski definition) is 4. The Morgan fingerprint density at radius 1 is 1.53 bits per heavy atom. The van der Waals surface area contributed by atoms with Crippen molar-refractivity contribution in [2.75, 3.05) is 6.54 Å². The molecule has 5 heteroatoms. The first-order valence-electron chi connectivity index (χ1n) is 4.90. The molecule has 0 saturated carbocycles. The molecule has 80 valence electrons. The molecule has 0 aliphatic heterocycles. The topological polar surface area (TPSA) is 42.7 Å². The Hall–Kier alpha value is -1.20. The van der Waals surface area contributed by atoms with Crippen LogP contribution in [0.3, 0.4) is 0 Å². The Kier molecular flexibility index (Phi) is 3.47. The molecule has 1 N–H and O–H groups in total. The molecular formula is C10H14N4S. The molecule has 15 heavy (non-hydrogen) atoms. The number of nitrogens with one attached hydrogen (secondary N) is 1. The van der Waals surface area contributed by atoms with Gasteiger partial charge in [-0.2, -0.15) is 5.10 Å². The Morgan fingerprint density at radius 3 is 3.13 bits per heavy atom. The second-order valence-corrected chi connectivity index (χ2v) is 4.15. The van der Waals surface area contributed by atoms with Gasteiger partial charge in [-0.05, 0) is 0 Å². The lowest BCUT2D eigenvalue weighted by Crippen LogP contribution is -2.16. The van der Waals surface area contributed by atoms with Crippen molar-refractivity contribution in [1.82, 2.24) is 20.1 Å². The van der Waals surface area contributed by atoms with Crippen LogP contribution in [-0.2, 0) is 20.0 Å². The Morgan fingerprint density at radius 2 is 2.47 bits per heavy atom. The number of aromatic nitrogens is 3. The van der Waals surface area contributed by atoms with Gasteiger partial charge >= 0.3 is 0 Å². The van der Waals surface area contributed by atoms with Gasteiger partial charge in [-0.25, -0.2) is 4.98 Å². The van der Waals surface area contributed by atoms with Gasteiger partial charge in [0.1, 0.15) is 0 Å². The van der Waals surface area contributed by atoms with Gasteiger partial charge < -0.3 is 5.32 Å². The second-order valence-electron chi connectivity index (χ2n) is 3.43. The van der Waals surface area contributed by atoms with Crippen molar-refractivity contribution in [3.8, 4) is 0 Å². The molecule has 0 fully saturated rings. The van der Waals surface area contributed by atoms with E-state index in [2.05, 4.69) is 20.8 Å². The highest BCUT2D eigenvalue weighted by molar-refractivity contribution is 7.07. The first kappa shape index (κ1) is 10.3. The smallest absolute Gasteiger partial charge is 0.0794 e. The van der Waals surface area contributed by atoms with Gasteiger partial charge in [-0.3, -0.25) is 4.68 Å². The van der Waals surface area contributed by atoms with Crippen LogP contribution < -0.4 is 5.32 Å². The third-order valence-corrected chi connectivity index (χ3v) is 2.76. The van der Waals surface area contributed by atoms with Crippen molar-refractivity contribution in [2.45, 2.75) is 13.0 Å². The van der Waals surface area contributed by atoms with Gasteiger partial charge in [0.15, 0.2) is 0 Å². The van der Waals surface area contributed by atoms with E-state index in [1.165, 1.54) is 11.3 Å². The fraction of sp³-hybridized carbons (Fsp3) is 0.400. The van der Waals surface area contributed by atoms with Crippen LogP contribution in [0.15, 0.2) is 23.3 Å². The van der Waals surface area contributed by atoms with Crippen molar-refractivity contribution >= 4 is 11.3 Å². The molecule has 2 heterocycles. The molecule has 0 atom stereocenters. The number of hydrogen-bond donors (Lipinski definition) is 1. The zero-order valence-electron chi connectivity index (χ0n) is 8.68. The first-order chi connectivity index (χ1) is 7.34. The zero-order valence-corrected chi connectivity index (χ0v) is 9.50. The Balaban J connectivity index is 1.67. The number of thiazole rings is 1. The Labute approximate surface area is 93.0 Å². The maximum atomic E-state index is 4.23. The molecule has 2 rings (SSSR count). The first-order valence-corrected chi connectivity index (χ1v) is 5.84. The quantitative estimate of drug-likeness (QED) is 0.773. The normalized spacial score (nSPS) is 10.7. The molecular weight excluding hydrogens is 208 g/mol. The van der Waals surface area contributed by atoms with Crippen LogP contribution >= 0.6 is 11.3 Å². The highest BCUT2D eigenvalue weighted by Gasteiger charge is 1.97. The largest absolute Gasteiger partial charge is 0.312 e. The molecule has 0 aliphatic carbocycles. The van der Waals surface area contributed by atoms with Crippen LogP contribution in [0.25, 0.3) is 0 Å². The summed E-state index contributed by atoms with van der Waals surface area (Å²) in [7, 11) is 1.93. The summed E-state index contributed by atoms with van der Waals surface area (Å²) < 4.78 is 1.82. The van der Waals surface area contributed by atoms with Crippen molar-refractivity contribution < 1.29 is 0 Å². The van der Waals surface area contributed by atoms with Crippen LogP contribution in [0, 0.1) is 0 Å². The van der Waals surface area contributed by atoms with Crippen LogP contribution in [-0.4, -0.2) is 21.3 Å². The minimum Gasteiger partial charge on any atom is -0.312 e. The van der Waals surface area contributed by atoms with Gasteiger partial charge in [0, 0.05) is 43.7 Å². The SMILES string of the molecule is Cn1cc(CNCCc2cscn2)cn1. The van der Waals surface area contributed by atoms with Crippen molar-refractivity contribution in [3.05, 3.63) is 34.5 Å². The molecule has 0 aromatic carbocycles. The molecule has 0 aliphatic rings. The van der Waals surface area contributed by atoms with Crippen molar-refractivity contribution in [2.24, 2.45) is 7.05 Å². The predicted molar refractivity (Wildman–Crippen MR) is 60.7 cm³/mol. The predicted octanol–water partition coefficient (Wildman–Crippen LogP) is 1.21. The molecule has 0 radical (unpaired) electrons. The average Bonchev–Trinajstić information content (AvgIpc) is 2.84. The van der Waals surface area contributed by atoms with Crippen molar-refractivity contribution in [3.63, 3.8) is 0 Å². The van der Waals surface area contributed by atoms with Crippen LogP contribution in [0.4, 0.5) is 0 Å². The summed E-state index contributed by atoms with van der Waals surface area (Å²) in [4.78, 5) is 4.23. The van der Waals surface area contributed by atoms with E-state index >= 15 is 0 Å². The maximum absolute atomic E-state index is 4.23. The average molecular weight is 222 g/mol. The fourth-order valence-electron chi connectivity index (χ4n) is 1.37. The second kappa shape index (κ2) is 5.04. The van der Waals surface area contributed by atoms with E-state index in [1.54, 1.807) is 11.3 Å². The third-order valence-electron chi connectivity index (χ3n) is 2.13. The summed E-state index contributed by atoms with van der Waals surface area (Å²) in [6.45, 7) is 1.83. The third kappa shape index (κ3) is 3.14. The van der Waals surface area contributed by atoms with Gasteiger partial charge in [0.2, 0.25) is 0 Å². The van der Waals surface area contributed by atoms with E-state index in [9.17, 15) is 0 Å². The summed E-state index contributed by atoms with van der Waals surface area (Å²) in [5.74, 6) is 0. The molecule has 0 saturated heterocycles. The monoisotopic (exact) mass is 222 g/mol. The lowest BCUT2D eigenvalue weighted by molar-refractivity contribution is 0.680. The van der Waals surface area contributed by atoms with Gasteiger partial charge in [-0.15, -0.1) is 11.3 Å². The molecule has 0 bridgehead atoms. The summed E-state index contributed by atoms with van der Waals surface area (Å²) in [6.07, 6.45) is 4.90. The van der Waals surface area contributed by atoms with Crippen LogP contribution in [0.5, 0.6) is 0 Å². The van der Waals surface area contributed by atoms with Crippen LogP contribution in [0.1, 0.15) is 11.3 Å². The maximum Gasteiger partial charge on any atom is 0.0794 e. The number of aryl methyl sites for hydroxylation is 1. The number of rotatable bonds is 5. The summed E-state index contributed by atoms with van der Waals surface area (Å²) >= 11 is 1.65. The highest BCUT2D eigenvalue weighted by Crippen LogP contribution is 2.01. The molecule has 0 amide bonds. The fourth-order valence-corrected chi connectivity index (χ4v) is 1.97. The molecule has 2 aromatic heterocycles. The van der Waals surface area contributed by atoms with E-state index in [4.69, 9.17) is 0 Å². The van der Waals surface area contributed by atoms with E-state index in [1.807, 2.05) is 29.6 Å². The summed E-state index contributed by atoms with van der Waals surface area (Å²) in [5, 5.41) is 9.56. The van der Waals surface area contributed by atoms with Crippen molar-refractivity contribution in [1.29, 1.82) is 0 Å². The minimum absolute atomic E-state index is 0.873. The molecule has 0 unspecified atom stereocenters. The van der Waals surface area contributed by atoms with E-state index in [0.717, 1.165) is 19.5 Å². The minimum atomic E-state index is 0.873. The van der Waals surface area contributed by atoms with E-state index in [0.29, 0.717) is 0 Å². The summed E-state index contributed by atoms with van der Waals surface area (Å²) in [5.41, 5.74) is 4.26. The lowest BCUT2D eigenvalue weighted by Gasteiger charge is -2.00. The highest BCUT2D eigenvalue weighted by atomic mass is 32.1. The molecule has 4 nitrogen and oxygen atoms in total. The van der Waals surface area contributed by atoms with Gasteiger partial charge in [0.05, 0.1) is 17.4 Å². The van der Waals surface area contributed by atoms with Gasteiger partial charge in [0.25, 0.3) is 0 Å². The molecule has 0 spiro atoms. The Bertz CT molecular complexity index is 393. The van der Waals surface area contributed by atoms with E-state index in [-0.39, 0.29) is 0 Å². The summed E-state index contributed by atoms with van der Waals surface area (Å²) in [6, 6.07) is 0. The standard InChI is InChI=1S/C10H14N4S/c1-14-6-9(5-13-14)4-11-3-2-10-7-15-8-12-10/h5-8,11H,2-4H2,1H3.